The summed E-state index contributed by atoms with van der Waals surface area (Å²) >= 11 is 3.49. The molecule has 7 nitrogen and oxygen atoms in total. The van der Waals surface area contributed by atoms with Crippen LogP contribution in [0.3, 0.4) is 0 Å². The maximum absolute atomic E-state index is 15.0. The quantitative estimate of drug-likeness (QED) is 0.240. The predicted octanol–water partition coefficient (Wildman–Crippen LogP) is 4.47. The highest BCUT2D eigenvalue weighted by atomic mass is 32.1. The van der Waals surface area contributed by atoms with Gasteiger partial charge in [0.15, 0.2) is 0 Å². The van der Waals surface area contributed by atoms with Crippen molar-refractivity contribution in [2.45, 2.75) is 19.4 Å². The molecule has 34 heavy (non-hydrogen) atoms. The Morgan fingerprint density at radius 1 is 1.15 bits per heavy atom. The van der Waals surface area contributed by atoms with Crippen LogP contribution in [-0.4, -0.2) is 34.6 Å². The molecule has 1 unspecified atom stereocenters. The monoisotopic (exact) mass is 483 g/mol. The first-order valence-electron chi connectivity index (χ1n) is 10.3. The fourth-order valence-electron chi connectivity index (χ4n) is 3.88. The largest absolute Gasteiger partial charge is 0.463 e. The minimum absolute atomic E-state index is 0.114. The summed E-state index contributed by atoms with van der Waals surface area (Å²) in [5.41, 5.74) is 1.26. The summed E-state index contributed by atoms with van der Waals surface area (Å²) in [4.78, 5) is 34.0. The standard InChI is InChI=1S/C24H19F2N3O4S/c1-2-32-20(30)12-16(14-7-4-3-5-8-14)19-11-15-13-27-22(24(31)33-34)28-23(15)29(19)21-17(25)9-6-10-18(21)26/h3-10,12-13,19,34H,2,11H2,1H3/b16-12+. The Kier molecular flexibility index (Phi) is 6.87. The lowest BCUT2D eigenvalue weighted by Gasteiger charge is -2.29. The second kappa shape index (κ2) is 10.0. The molecule has 0 amide bonds. The number of nitrogens with zero attached hydrogens (tertiary/aromatic N) is 3. The molecule has 0 saturated carbocycles. The first kappa shape index (κ1) is 23.4. The number of aromatic nitrogens is 2. The molecular weight excluding hydrogens is 464 g/mol. The van der Waals surface area contributed by atoms with Crippen LogP contribution < -0.4 is 4.90 Å². The van der Waals surface area contributed by atoms with Crippen molar-refractivity contribution in [3.8, 4) is 0 Å². The minimum Gasteiger partial charge on any atom is -0.463 e. The van der Waals surface area contributed by atoms with E-state index in [0.29, 0.717) is 16.7 Å². The fraction of sp³-hybridized carbons (Fsp3) is 0.167. The Morgan fingerprint density at radius 3 is 2.50 bits per heavy atom. The zero-order chi connectivity index (χ0) is 24.2. The van der Waals surface area contributed by atoms with E-state index in [9.17, 15) is 9.59 Å². The Balaban J connectivity index is 1.94. The fourth-order valence-corrected chi connectivity index (χ4v) is 3.96. The van der Waals surface area contributed by atoms with Gasteiger partial charge in [-0.1, -0.05) is 36.4 Å². The van der Waals surface area contributed by atoms with E-state index in [2.05, 4.69) is 27.1 Å². The van der Waals surface area contributed by atoms with Crippen molar-refractivity contribution in [2.75, 3.05) is 11.5 Å². The molecule has 1 atom stereocenters. The Hall–Kier alpha value is -3.79. The van der Waals surface area contributed by atoms with Crippen molar-refractivity contribution in [1.29, 1.82) is 0 Å². The normalized spacial score (nSPS) is 15.1. The molecule has 0 aliphatic carbocycles. The molecule has 0 bridgehead atoms. The van der Waals surface area contributed by atoms with E-state index in [1.165, 1.54) is 23.2 Å². The molecule has 4 rings (SSSR count). The van der Waals surface area contributed by atoms with Gasteiger partial charge >= 0.3 is 11.9 Å². The maximum atomic E-state index is 15.0. The number of fused-ring (bicyclic) bond motifs is 1. The van der Waals surface area contributed by atoms with Crippen LogP contribution in [0.4, 0.5) is 20.3 Å². The van der Waals surface area contributed by atoms with E-state index in [0.717, 1.165) is 12.1 Å². The summed E-state index contributed by atoms with van der Waals surface area (Å²) in [5.74, 6) is -3.41. The van der Waals surface area contributed by atoms with E-state index < -0.39 is 29.6 Å². The molecule has 10 heteroatoms. The number of carbonyl (C=O) groups is 2. The summed E-state index contributed by atoms with van der Waals surface area (Å²) < 4.78 is 39.5. The van der Waals surface area contributed by atoms with Crippen LogP contribution in [-0.2, 0) is 20.1 Å². The van der Waals surface area contributed by atoms with E-state index in [1.807, 2.05) is 6.07 Å². The number of hydrogen-bond acceptors (Lipinski definition) is 8. The summed E-state index contributed by atoms with van der Waals surface area (Å²) in [6.07, 6.45) is 2.90. The van der Waals surface area contributed by atoms with E-state index in [4.69, 9.17) is 4.74 Å². The van der Waals surface area contributed by atoms with Crippen LogP contribution in [0.2, 0.25) is 0 Å². The lowest BCUT2D eigenvalue weighted by molar-refractivity contribution is -0.137. The van der Waals surface area contributed by atoms with Gasteiger partial charge in [0.25, 0.3) is 0 Å². The maximum Gasteiger partial charge on any atom is 0.388 e. The van der Waals surface area contributed by atoms with Gasteiger partial charge in [-0.15, -0.1) is 0 Å². The summed E-state index contributed by atoms with van der Waals surface area (Å²) in [5, 5.41) is 0. The predicted molar refractivity (Wildman–Crippen MR) is 123 cm³/mol. The van der Waals surface area contributed by atoms with Gasteiger partial charge in [0.05, 0.1) is 12.6 Å². The van der Waals surface area contributed by atoms with Crippen LogP contribution >= 0.6 is 12.9 Å². The van der Waals surface area contributed by atoms with Crippen molar-refractivity contribution >= 4 is 41.9 Å². The number of halogens is 2. The lowest BCUT2D eigenvalue weighted by atomic mass is 9.95. The molecule has 0 fully saturated rings. The molecule has 174 valence electrons. The Morgan fingerprint density at radius 2 is 1.85 bits per heavy atom. The third kappa shape index (κ3) is 4.49. The molecule has 0 saturated heterocycles. The summed E-state index contributed by atoms with van der Waals surface area (Å²) in [6, 6.07) is 11.7. The van der Waals surface area contributed by atoms with Crippen LogP contribution in [0.15, 0.2) is 60.8 Å². The molecular formula is C24H19F2N3O4S. The van der Waals surface area contributed by atoms with Gasteiger partial charge in [-0.05, 0) is 30.2 Å². The molecule has 2 aromatic carbocycles. The van der Waals surface area contributed by atoms with Crippen LogP contribution in [0.25, 0.3) is 5.57 Å². The first-order valence-corrected chi connectivity index (χ1v) is 10.7. The number of anilines is 2. The number of rotatable bonds is 6. The molecule has 0 spiro atoms. The lowest BCUT2D eigenvalue weighted by Crippen LogP contribution is -2.31. The van der Waals surface area contributed by atoms with E-state index in [1.54, 1.807) is 31.2 Å². The molecule has 1 aromatic heterocycles. The second-order valence-corrected chi connectivity index (χ2v) is 7.48. The summed E-state index contributed by atoms with van der Waals surface area (Å²) in [7, 11) is 0. The average molecular weight is 483 g/mol. The topological polar surface area (TPSA) is 81.6 Å². The van der Waals surface area contributed by atoms with Gasteiger partial charge in [0, 0.05) is 37.2 Å². The number of esters is 1. The van der Waals surface area contributed by atoms with Gasteiger partial charge in [0.1, 0.15) is 23.1 Å². The van der Waals surface area contributed by atoms with Gasteiger partial charge in [-0.25, -0.2) is 28.3 Å². The van der Waals surface area contributed by atoms with Crippen molar-refractivity contribution in [1.82, 2.24) is 9.97 Å². The smallest absolute Gasteiger partial charge is 0.388 e. The van der Waals surface area contributed by atoms with Gasteiger partial charge in [0.2, 0.25) is 5.82 Å². The highest BCUT2D eigenvalue weighted by Crippen LogP contribution is 2.43. The molecule has 3 aromatic rings. The molecule has 0 N–H and O–H groups in total. The van der Waals surface area contributed by atoms with Crippen molar-refractivity contribution in [3.63, 3.8) is 0 Å². The number of hydrogen-bond donors (Lipinski definition) is 1. The van der Waals surface area contributed by atoms with Crippen LogP contribution in [0.1, 0.15) is 28.7 Å². The average Bonchev–Trinajstić information content (AvgIpc) is 3.21. The zero-order valence-corrected chi connectivity index (χ0v) is 18.8. The second-order valence-electron chi connectivity index (χ2n) is 7.30. The number of benzene rings is 2. The highest BCUT2D eigenvalue weighted by molar-refractivity contribution is 7.75. The molecule has 1 aliphatic heterocycles. The summed E-state index contributed by atoms with van der Waals surface area (Å²) in [6.45, 7) is 1.84. The van der Waals surface area contributed by atoms with E-state index >= 15 is 8.78 Å². The third-order valence-corrected chi connectivity index (χ3v) is 5.43. The number of carbonyl (C=O) groups excluding carboxylic acids is 2. The first-order chi connectivity index (χ1) is 16.4. The van der Waals surface area contributed by atoms with Crippen LogP contribution in [0, 0.1) is 11.6 Å². The molecule has 0 radical (unpaired) electrons. The van der Waals surface area contributed by atoms with Crippen molar-refractivity contribution < 1.29 is 27.3 Å². The number of para-hydroxylation sites is 1. The number of thiol groups is 1. The molecule has 1 aliphatic rings. The molecule has 2 heterocycles. The van der Waals surface area contributed by atoms with Crippen molar-refractivity contribution in [3.05, 3.63) is 89.4 Å². The van der Waals surface area contributed by atoms with Gasteiger partial charge in [-0.3, -0.25) is 0 Å². The Labute approximate surface area is 199 Å². The number of ether oxygens (including phenoxy) is 1. The highest BCUT2D eigenvalue weighted by Gasteiger charge is 2.39. The Bertz CT molecular complexity index is 1250. The zero-order valence-electron chi connectivity index (χ0n) is 17.9. The third-order valence-electron chi connectivity index (χ3n) is 5.26. The van der Waals surface area contributed by atoms with E-state index in [-0.39, 0.29) is 30.4 Å². The van der Waals surface area contributed by atoms with Crippen molar-refractivity contribution in [2.24, 2.45) is 0 Å². The van der Waals surface area contributed by atoms with Crippen LogP contribution in [0.5, 0.6) is 0 Å². The SMILES string of the molecule is CCOC(=O)/C=C(\c1ccccc1)C1Cc2cnc(C(=O)OS)nc2N1c1c(F)cccc1F. The minimum atomic E-state index is -0.922. The van der Waals surface area contributed by atoms with Gasteiger partial charge < -0.3 is 13.8 Å². The van der Waals surface area contributed by atoms with Gasteiger partial charge in [-0.2, -0.15) is 0 Å².